The Labute approximate surface area is 219 Å². The number of halogens is 5. The van der Waals surface area contributed by atoms with Crippen LogP contribution in [0.3, 0.4) is 0 Å². The summed E-state index contributed by atoms with van der Waals surface area (Å²) in [5, 5.41) is 3.99. The van der Waals surface area contributed by atoms with Crippen LogP contribution in [0.4, 0.5) is 39.5 Å². The number of amides is 2. The average Bonchev–Trinajstić information content (AvgIpc) is 3.41. The predicted molar refractivity (Wildman–Crippen MR) is 137 cm³/mol. The zero-order chi connectivity index (χ0) is 26.9. The monoisotopic (exact) mass is 545 g/mol. The van der Waals surface area contributed by atoms with Crippen molar-refractivity contribution < 1.29 is 27.1 Å². The second-order valence-corrected chi connectivity index (χ2v) is 9.00. The quantitative estimate of drug-likeness (QED) is 0.254. The summed E-state index contributed by atoms with van der Waals surface area (Å²) in [6, 6.07) is 10.9. The van der Waals surface area contributed by atoms with Gasteiger partial charge in [-0.1, -0.05) is 11.6 Å². The number of nitrogens with zero attached hydrogens (tertiary/aromatic N) is 3. The lowest BCUT2D eigenvalue weighted by atomic mass is 10.2. The van der Waals surface area contributed by atoms with Gasteiger partial charge in [0.15, 0.2) is 0 Å². The Morgan fingerprint density at radius 2 is 1.68 bits per heavy atom. The molecule has 196 valence electrons. The number of nitrogens with one attached hydrogen (secondary N) is 2. The molecule has 12 heteroatoms. The summed E-state index contributed by atoms with van der Waals surface area (Å²) in [6.45, 7) is 1.87. The van der Waals surface area contributed by atoms with Crippen LogP contribution in [0.25, 0.3) is 11.0 Å². The van der Waals surface area contributed by atoms with Crippen molar-refractivity contribution in [3.8, 4) is 11.5 Å². The molecule has 0 spiro atoms. The summed E-state index contributed by atoms with van der Waals surface area (Å²) in [4.78, 5) is 23.5. The van der Waals surface area contributed by atoms with E-state index in [1.807, 2.05) is 0 Å². The van der Waals surface area contributed by atoms with E-state index in [4.69, 9.17) is 16.3 Å². The number of benzene rings is 3. The minimum atomic E-state index is -4.69. The molecule has 0 unspecified atom stereocenters. The molecule has 0 aliphatic carbocycles. The highest BCUT2D eigenvalue weighted by Gasteiger charge is 2.33. The lowest BCUT2D eigenvalue weighted by molar-refractivity contribution is -0.137. The van der Waals surface area contributed by atoms with E-state index in [0.717, 1.165) is 43.9 Å². The van der Waals surface area contributed by atoms with Crippen molar-refractivity contribution in [1.29, 1.82) is 0 Å². The van der Waals surface area contributed by atoms with Crippen LogP contribution in [0.5, 0.6) is 11.5 Å². The van der Waals surface area contributed by atoms with E-state index < -0.39 is 28.6 Å². The van der Waals surface area contributed by atoms with Crippen LogP contribution in [-0.2, 0) is 6.18 Å². The van der Waals surface area contributed by atoms with Crippen LogP contribution in [-0.4, -0.2) is 29.1 Å². The second-order valence-electron chi connectivity index (χ2n) is 8.59. The Bertz CT molecular complexity index is 1510. The molecule has 0 saturated carbocycles. The molecule has 4 aromatic rings. The number of carbonyl (C=O) groups excluding carboxylic acids is 1. The highest BCUT2D eigenvalue weighted by Crippen LogP contribution is 2.36. The molecule has 0 radical (unpaired) electrons. The number of hydrogen-bond donors (Lipinski definition) is 2. The molecule has 0 bridgehead atoms. The van der Waals surface area contributed by atoms with Crippen molar-refractivity contribution >= 4 is 45.9 Å². The van der Waals surface area contributed by atoms with Gasteiger partial charge in [-0.05, 0) is 55.3 Å². The maximum absolute atomic E-state index is 14.7. The van der Waals surface area contributed by atoms with Gasteiger partial charge >= 0.3 is 12.2 Å². The first-order valence-corrected chi connectivity index (χ1v) is 12.0. The summed E-state index contributed by atoms with van der Waals surface area (Å²) >= 11 is 5.58. The number of hydrogen-bond acceptors (Lipinski definition) is 5. The Kier molecular flexibility index (Phi) is 6.94. The van der Waals surface area contributed by atoms with Crippen molar-refractivity contribution in [3.63, 3.8) is 0 Å². The molecule has 2 heterocycles. The molecule has 7 nitrogen and oxygen atoms in total. The van der Waals surface area contributed by atoms with Gasteiger partial charge in [-0.25, -0.2) is 14.2 Å². The first-order chi connectivity index (χ1) is 18.2. The van der Waals surface area contributed by atoms with Gasteiger partial charge in [-0.15, -0.1) is 0 Å². The summed E-state index contributed by atoms with van der Waals surface area (Å²) in [7, 11) is 0. The molecule has 3 aromatic carbocycles. The summed E-state index contributed by atoms with van der Waals surface area (Å²) in [5.74, 6) is 0.581. The lowest BCUT2D eigenvalue weighted by Crippen LogP contribution is -2.20. The molecule has 1 aliphatic heterocycles. The van der Waals surface area contributed by atoms with Gasteiger partial charge < -0.3 is 20.3 Å². The van der Waals surface area contributed by atoms with Gasteiger partial charge in [-0.3, -0.25) is 4.98 Å². The van der Waals surface area contributed by atoms with E-state index in [-0.39, 0.29) is 17.1 Å². The Morgan fingerprint density at radius 1 is 0.947 bits per heavy atom. The minimum Gasteiger partial charge on any atom is -0.457 e. The molecule has 1 aliphatic rings. The van der Waals surface area contributed by atoms with E-state index in [1.165, 1.54) is 18.2 Å². The molecule has 0 atom stereocenters. The van der Waals surface area contributed by atoms with Gasteiger partial charge in [-0.2, -0.15) is 13.2 Å². The van der Waals surface area contributed by atoms with Crippen LogP contribution >= 0.6 is 11.6 Å². The lowest BCUT2D eigenvalue weighted by Gasteiger charge is -2.16. The Balaban J connectivity index is 1.26. The second kappa shape index (κ2) is 10.3. The number of anilines is 3. The molecule has 2 amide bonds. The Morgan fingerprint density at radius 3 is 2.42 bits per heavy atom. The number of carbonyl (C=O) groups is 1. The number of alkyl halides is 3. The predicted octanol–water partition coefficient (Wildman–Crippen LogP) is 7.48. The van der Waals surface area contributed by atoms with Crippen LogP contribution in [0, 0.1) is 5.82 Å². The molecule has 5 rings (SSSR count). The van der Waals surface area contributed by atoms with Gasteiger partial charge in [0.2, 0.25) is 0 Å². The van der Waals surface area contributed by atoms with Crippen LogP contribution in [0.1, 0.15) is 18.4 Å². The maximum atomic E-state index is 14.7. The summed E-state index contributed by atoms with van der Waals surface area (Å²) in [5.41, 5.74) is -0.124. The van der Waals surface area contributed by atoms with Crippen LogP contribution < -0.4 is 20.3 Å². The average molecular weight is 546 g/mol. The van der Waals surface area contributed by atoms with Gasteiger partial charge in [0.1, 0.15) is 23.1 Å². The molecule has 1 aromatic heterocycles. The van der Waals surface area contributed by atoms with E-state index in [9.17, 15) is 22.4 Å². The summed E-state index contributed by atoms with van der Waals surface area (Å²) < 4.78 is 59.6. The third kappa shape index (κ3) is 5.72. The largest absolute Gasteiger partial charge is 0.457 e. The van der Waals surface area contributed by atoms with Gasteiger partial charge in [0, 0.05) is 30.9 Å². The fourth-order valence-electron chi connectivity index (χ4n) is 4.05. The smallest absolute Gasteiger partial charge is 0.417 e. The molecule has 2 N–H and O–H groups in total. The zero-order valence-corrected chi connectivity index (χ0v) is 20.4. The normalized spacial score (nSPS) is 13.6. The molecule has 1 saturated heterocycles. The first kappa shape index (κ1) is 25.5. The third-order valence-electron chi connectivity index (χ3n) is 5.89. The molecular weight excluding hydrogens is 526 g/mol. The molecule has 1 fully saturated rings. The number of aromatic nitrogens is 2. The number of urea groups is 1. The number of fused-ring (bicyclic) bond motifs is 1. The van der Waals surface area contributed by atoms with E-state index in [1.54, 1.807) is 24.4 Å². The third-order valence-corrected chi connectivity index (χ3v) is 6.21. The van der Waals surface area contributed by atoms with Crippen molar-refractivity contribution in [2.75, 3.05) is 28.6 Å². The zero-order valence-electron chi connectivity index (χ0n) is 19.6. The van der Waals surface area contributed by atoms with Crippen molar-refractivity contribution in [2.24, 2.45) is 0 Å². The fraction of sp³-hybridized carbons (Fsp3) is 0.192. The Hall–Kier alpha value is -4.12. The van der Waals surface area contributed by atoms with Gasteiger partial charge in [0.25, 0.3) is 0 Å². The van der Waals surface area contributed by atoms with Crippen molar-refractivity contribution in [2.45, 2.75) is 19.0 Å². The fourth-order valence-corrected chi connectivity index (χ4v) is 4.27. The van der Waals surface area contributed by atoms with Crippen molar-refractivity contribution in [1.82, 2.24) is 9.97 Å². The van der Waals surface area contributed by atoms with Crippen LogP contribution in [0.15, 0.2) is 60.8 Å². The highest BCUT2D eigenvalue weighted by molar-refractivity contribution is 6.31. The van der Waals surface area contributed by atoms with Crippen LogP contribution in [0.2, 0.25) is 5.02 Å². The van der Waals surface area contributed by atoms with E-state index in [0.29, 0.717) is 22.8 Å². The SMILES string of the molecule is O=C(Nc1ccc(Cl)c(C(F)(F)F)c1)Nc1ccc(Oc2ccc3ncc(N4CCCC4)nc3c2)cc1F. The number of ether oxygens (including phenoxy) is 1. The number of rotatable bonds is 5. The van der Waals surface area contributed by atoms with Crippen molar-refractivity contribution in [3.05, 3.63) is 77.2 Å². The first-order valence-electron chi connectivity index (χ1n) is 11.6. The highest BCUT2D eigenvalue weighted by atomic mass is 35.5. The molecule has 38 heavy (non-hydrogen) atoms. The maximum Gasteiger partial charge on any atom is 0.417 e. The van der Waals surface area contributed by atoms with E-state index in [2.05, 4.69) is 25.5 Å². The summed E-state index contributed by atoms with van der Waals surface area (Å²) in [6.07, 6.45) is -0.725. The molecular formula is C26H20ClF4N5O2. The van der Waals surface area contributed by atoms with Gasteiger partial charge in [0.05, 0.1) is 33.5 Å². The van der Waals surface area contributed by atoms with E-state index >= 15 is 0 Å². The standard InChI is InChI=1S/C26H20ClF4N5O2/c27-19-6-3-15(11-18(19)26(29,30)31)33-25(37)35-21-7-4-16(12-20(21)28)38-17-5-8-22-23(13-17)34-24(14-32-22)36-9-1-2-10-36/h3-8,11-14H,1-2,9-10H2,(H2,33,35,37). The topological polar surface area (TPSA) is 79.4 Å². The minimum absolute atomic E-state index is 0.160.